The number of halogens is 2. The second kappa shape index (κ2) is 7.54. The highest BCUT2D eigenvalue weighted by molar-refractivity contribution is 5.92. The Morgan fingerprint density at radius 1 is 1.27 bits per heavy atom. The van der Waals surface area contributed by atoms with Gasteiger partial charge >= 0.3 is 0 Å². The molecule has 22 heavy (non-hydrogen) atoms. The van der Waals surface area contributed by atoms with Crippen molar-refractivity contribution >= 4 is 11.6 Å². The molecule has 0 saturated heterocycles. The summed E-state index contributed by atoms with van der Waals surface area (Å²) < 4.78 is 29.4. The maximum absolute atomic E-state index is 12.2. The second-order valence-corrected chi connectivity index (χ2v) is 5.71. The van der Waals surface area contributed by atoms with E-state index < -0.39 is 18.6 Å². The van der Waals surface area contributed by atoms with E-state index in [1.807, 2.05) is 0 Å². The molecular formula is C16H21F2NO3. The summed E-state index contributed by atoms with van der Waals surface area (Å²) in [6.45, 7) is -0.725. The first kappa shape index (κ1) is 16.7. The maximum atomic E-state index is 12.2. The summed E-state index contributed by atoms with van der Waals surface area (Å²) in [7, 11) is 0. The van der Waals surface area contributed by atoms with Crippen molar-refractivity contribution in [2.75, 3.05) is 11.9 Å². The van der Waals surface area contributed by atoms with Gasteiger partial charge in [-0.1, -0.05) is 31.4 Å². The molecule has 2 rings (SSSR count). The Kier molecular flexibility index (Phi) is 5.71. The SMILES string of the molecule is O=C(CC1(O)CCCCC1)Nc1ccccc1OCC(F)F. The molecule has 2 N–H and O–H groups in total. The standard InChI is InChI=1S/C16H21F2NO3/c17-14(18)11-22-13-7-3-2-6-12(13)19-15(20)10-16(21)8-4-1-5-9-16/h2-3,6-7,14,21H,1,4-5,8-11H2,(H,19,20). The molecule has 1 aromatic rings. The molecule has 0 spiro atoms. The summed E-state index contributed by atoms with van der Waals surface area (Å²) in [6, 6.07) is 6.43. The zero-order valence-electron chi connectivity index (χ0n) is 12.4. The van der Waals surface area contributed by atoms with E-state index in [0.717, 1.165) is 19.3 Å². The summed E-state index contributed by atoms with van der Waals surface area (Å²) in [5.74, 6) is -0.135. The largest absolute Gasteiger partial charge is 0.485 e. The fourth-order valence-electron chi connectivity index (χ4n) is 2.73. The lowest BCUT2D eigenvalue weighted by molar-refractivity contribution is -0.122. The molecule has 1 amide bonds. The van der Waals surface area contributed by atoms with Gasteiger partial charge in [0, 0.05) is 0 Å². The Bertz CT molecular complexity index is 502. The van der Waals surface area contributed by atoms with Crippen molar-refractivity contribution in [2.45, 2.75) is 50.6 Å². The first-order valence-corrected chi connectivity index (χ1v) is 7.51. The molecule has 1 saturated carbocycles. The van der Waals surface area contributed by atoms with Crippen LogP contribution in [0.3, 0.4) is 0 Å². The summed E-state index contributed by atoms with van der Waals surface area (Å²) >= 11 is 0. The number of hydrogen-bond acceptors (Lipinski definition) is 3. The highest BCUT2D eigenvalue weighted by Gasteiger charge is 2.31. The van der Waals surface area contributed by atoms with E-state index in [1.54, 1.807) is 18.2 Å². The highest BCUT2D eigenvalue weighted by atomic mass is 19.3. The Hall–Kier alpha value is -1.69. The van der Waals surface area contributed by atoms with Gasteiger partial charge in [0.15, 0.2) is 0 Å². The Labute approximate surface area is 128 Å². The van der Waals surface area contributed by atoms with Gasteiger partial charge < -0.3 is 15.2 Å². The average molecular weight is 313 g/mol. The lowest BCUT2D eigenvalue weighted by atomic mass is 9.82. The van der Waals surface area contributed by atoms with Gasteiger partial charge in [-0.25, -0.2) is 8.78 Å². The number of ether oxygens (including phenoxy) is 1. The second-order valence-electron chi connectivity index (χ2n) is 5.71. The number of alkyl halides is 2. The molecular weight excluding hydrogens is 292 g/mol. The molecule has 122 valence electrons. The number of rotatable bonds is 6. The van der Waals surface area contributed by atoms with Gasteiger partial charge in [0.05, 0.1) is 17.7 Å². The van der Waals surface area contributed by atoms with Gasteiger partial charge in [0.2, 0.25) is 5.91 Å². The zero-order valence-corrected chi connectivity index (χ0v) is 12.4. The van der Waals surface area contributed by atoms with Crippen molar-refractivity contribution in [3.8, 4) is 5.75 Å². The van der Waals surface area contributed by atoms with Crippen LogP contribution in [0.15, 0.2) is 24.3 Å². The number of nitrogens with one attached hydrogen (secondary N) is 1. The molecule has 6 heteroatoms. The molecule has 0 atom stereocenters. The van der Waals surface area contributed by atoms with Crippen LogP contribution >= 0.6 is 0 Å². The molecule has 0 aliphatic heterocycles. The molecule has 1 aliphatic rings. The summed E-state index contributed by atoms with van der Waals surface area (Å²) in [5.41, 5.74) is -0.617. The molecule has 1 aliphatic carbocycles. The average Bonchev–Trinajstić information content (AvgIpc) is 2.46. The maximum Gasteiger partial charge on any atom is 0.272 e. The summed E-state index contributed by atoms with van der Waals surface area (Å²) in [6.07, 6.45) is 1.57. The first-order valence-electron chi connectivity index (χ1n) is 7.51. The van der Waals surface area contributed by atoms with Crippen LogP contribution < -0.4 is 10.1 Å². The number of hydrogen-bond donors (Lipinski definition) is 2. The topological polar surface area (TPSA) is 58.6 Å². The van der Waals surface area contributed by atoms with Crippen molar-refractivity contribution in [3.05, 3.63) is 24.3 Å². The van der Waals surface area contributed by atoms with E-state index in [1.165, 1.54) is 6.07 Å². The van der Waals surface area contributed by atoms with Crippen LogP contribution in [0.5, 0.6) is 5.75 Å². The third kappa shape index (κ3) is 4.94. The van der Waals surface area contributed by atoms with E-state index in [2.05, 4.69) is 5.32 Å². The molecule has 0 aromatic heterocycles. The summed E-state index contributed by atoms with van der Waals surface area (Å²) in [5, 5.41) is 13.0. The lowest BCUT2D eigenvalue weighted by Crippen LogP contribution is -2.35. The quantitative estimate of drug-likeness (QED) is 0.846. The third-order valence-corrected chi connectivity index (χ3v) is 3.80. The highest BCUT2D eigenvalue weighted by Crippen LogP contribution is 2.32. The lowest BCUT2D eigenvalue weighted by Gasteiger charge is -2.31. The van der Waals surface area contributed by atoms with E-state index in [4.69, 9.17) is 4.74 Å². The Morgan fingerprint density at radius 3 is 2.64 bits per heavy atom. The van der Waals surface area contributed by atoms with Crippen LogP contribution in [0, 0.1) is 0 Å². The minimum absolute atomic E-state index is 0.0101. The molecule has 0 heterocycles. The number of aliphatic hydroxyl groups is 1. The Morgan fingerprint density at radius 2 is 1.95 bits per heavy atom. The predicted octanol–water partition coefficient (Wildman–Crippen LogP) is 3.35. The van der Waals surface area contributed by atoms with Gasteiger partial charge in [0.1, 0.15) is 12.4 Å². The molecule has 0 unspecified atom stereocenters. The number of benzene rings is 1. The van der Waals surface area contributed by atoms with Crippen molar-refractivity contribution < 1.29 is 23.4 Å². The van der Waals surface area contributed by atoms with Crippen molar-refractivity contribution in [1.29, 1.82) is 0 Å². The Balaban J connectivity index is 1.96. The van der Waals surface area contributed by atoms with E-state index in [-0.39, 0.29) is 18.1 Å². The minimum atomic E-state index is -2.58. The molecule has 4 nitrogen and oxygen atoms in total. The van der Waals surface area contributed by atoms with Crippen LogP contribution in [-0.4, -0.2) is 29.6 Å². The third-order valence-electron chi connectivity index (χ3n) is 3.80. The number of para-hydroxylation sites is 2. The van der Waals surface area contributed by atoms with Crippen LogP contribution in [0.2, 0.25) is 0 Å². The van der Waals surface area contributed by atoms with Crippen LogP contribution in [0.4, 0.5) is 14.5 Å². The monoisotopic (exact) mass is 313 g/mol. The predicted molar refractivity (Wildman–Crippen MR) is 79.2 cm³/mol. The van der Waals surface area contributed by atoms with Crippen molar-refractivity contribution in [3.63, 3.8) is 0 Å². The van der Waals surface area contributed by atoms with Gasteiger partial charge in [-0.3, -0.25) is 4.79 Å². The van der Waals surface area contributed by atoms with E-state index >= 15 is 0 Å². The molecule has 0 radical (unpaired) electrons. The van der Waals surface area contributed by atoms with Crippen LogP contribution in [-0.2, 0) is 4.79 Å². The molecule has 0 bridgehead atoms. The first-order chi connectivity index (χ1) is 10.5. The molecule has 1 aromatic carbocycles. The van der Waals surface area contributed by atoms with Gasteiger partial charge in [-0.2, -0.15) is 0 Å². The zero-order chi connectivity index (χ0) is 16.0. The summed E-state index contributed by atoms with van der Waals surface area (Å²) in [4.78, 5) is 12.1. The number of anilines is 1. The smallest absolute Gasteiger partial charge is 0.272 e. The fraction of sp³-hybridized carbons (Fsp3) is 0.562. The van der Waals surface area contributed by atoms with Gasteiger partial charge in [-0.15, -0.1) is 0 Å². The fourth-order valence-corrected chi connectivity index (χ4v) is 2.73. The number of amides is 1. The van der Waals surface area contributed by atoms with Crippen LogP contribution in [0.25, 0.3) is 0 Å². The van der Waals surface area contributed by atoms with Gasteiger partial charge in [0.25, 0.3) is 6.43 Å². The van der Waals surface area contributed by atoms with Crippen molar-refractivity contribution in [1.82, 2.24) is 0 Å². The van der Waals surface area contributed by atoms with Crippen molar-refractivity contribution in [2.24, 2.45) is 0 Å². The number of carbonyl (C=O) groups is 1. The van der Waals surface area contributed by atoms with E-state index in [9.17, 15) is 18.7 Å². The van der Waals surface area contributed by atoms with E-state index in [0.29, 0.717) is 18.5 Å². The normalized spacial score (nSPS) is 17.3. The number of carbonyl (C=O) groups excluding carboxylic acids is 1. The minimum Gasteiger partial charge on any atom is -0.485 e. The van der Waals surface area contributed by atoms with Crippen LogP contribution in [0.1, 0.15) is 38.5 Å². The van der Waals surface area contributed by atoms with Gasteiger partial charge in [-0.05, 0) is 25.0 Å². The molecule has 1 fully saturated rings.